The lowest BCUT2D eigenvalue weighted by molar-refractivity contribution is 0.113. The lowest BCUT2D eigenvalue weighted by Crippen LogP contribution is -2.43. The molecule has 0 heterocycles. The highest BCUT2D eigenvalue weighted by atomic mass is 19.1. The zero-order chi connectivity index (χ0) is 15.2. The highest BCUT2D eigenvalue weighted by molar-refractivity contribution is 5.73. The van der Waals surface area contributed by atoms with E-state index in [1.54, 1.807) is 19.2 Å². The lowest BCUT2D eigenvalue weighted by atomic mass is 10.2. The summed E-state index contributed by atoms with van der Waals surface area (Å²) >= 11 is 0. The standard InChI is InChI=1S/C15H21FN2O3/c1-18(10-14(19)11-5-6-11)15(20)17-7-8-21-13-4-2-3-12(16)9-13/h2-4,9,11,14,19H,5-8,10H2,1H3,(H,17,20). The molecule has 6 heteroatoms. The highest BCUT2D eigenvalue weighted by Crippen LogP contribution is 2.32. The molecule has 0 bridgehead atoms. The maximum Gasteiger partial charge on any atom is 0.317 e. The van der Waals surface area contributed by atoms with Crippen molar-refractivity contribution < 1.29 is 19.0 Å². The van der Waals surface area contributed by atoms with E-state index < -0.39 is 6.10 Å². The number of halogens is 1. The molecule has 1 saturated carbocycles. The van der Waals surface area contributed by atoms with E-state index in [-0.39, 0.29) is 18.5 Å². The predicted molar refractivity (Wildman–Crippen MR) is 76.7 cm³/mol. The van der Waals surface area contributed by atoms with Crippen LogP contribution < -0.4 is 10.1 Å². The number of nitrogens with one attached hydrogen (secondary N) is 1. The van der Waals surface area contributed by atoms with Gasteiger partial charge in [0.2, 0.25) is 0 Å². The van der Waals surface area contributed by atoms with Gasteiger partial charge in [0, 0.05) is 19.7 Å². The number of hydrogen-bond acceptors (Lipinski definition) is 3. The number of urea groups is 1. The van der Waals surface area contributed by atoms with Crippen molar-refractivity contribution in [2.24, 2.45) is 5.92 Å². The first-order valence-corrected chi connectivity index (χ1v) is 7.11. The summed E-state index contributed by atoms with van der Waals surface area (Å²) < 4.78 is 18.2. The van der Waals surface area contributed by atoms with E-state index in [4.69, 9.17) is 4.74 Å². The fraction of sp³-hybridized carbons (Fsp3) is 0.533. The summed E-state index contributed by atoms with van der Waals surface area (Å²) in [6, 6.07) is 5.60. The fourth-order valence-electron chi connectivity index (χ4n) is 2.01. The third kappa shape index (κ3) is 5.23. The third-order valence-electron chi connectivity index (χ3n) is 3.42. The summed E-state index contributed by atoms with van der Waals surface area (Å²) in [4.78, 5) is 13.2. The van der Waals surface area contributed by atoms with E-state index in [1.165, 1.54) is 17.0 Å². The van der Waals surface area contributed by atoms with E-state index in [0.29, 0.717) is 24.8 Å². The number of carbonyl (C=O) groups excluding carboxylic acids is 1. The molecule has 1 aliphatic rings. The second-order valence-electron chi connectivity index (χ2n) is 5.32. The van der Waals surface area contributed by atoms with E-state index >= 15 is 0 Å². The second-order valence-corrected chi connectivity index (χ2v) is 5.32. The van der Waals surface area contributed by atoms with Gasteiger partial charge in [0.05, 0.1) is 12.6 Å². The Morgan fingerprint density at radius 3 is 3.00 bits per heavy atom. The van der Waals surface area contributed by atoms with Crippen LogP contribution in [0.1, 0.15) is 12.8 Å². The van der Waals surface area contributed by atoms with Crippen LogP contribution in [0.3, 0.4) is 0 Å². The Labute approximate surface area is 123 Å². The second kappa shape index (κ2) is 7.26. The van der Waals surface area contributed by atoms with Crippen molar-refractivity contribution >= 4 is 6.03 Å². The van der Waals surface area contributed by atoms with Crippen LogP contribution in [-0.2, 0) is 0 Å². The first-order chi connectivity index (χ1) is 10.1. The molecule has 0 saturated heterocycles. The van der Waals surface area contributed by atoms with Crippen molar-refractivity contribution in [1.29, 1.82) is 0 Å². The van der Waals surface area contributed by atoms with Crippen LogP contribution in [0.4, 0.5) is 9.18 Å². The van der Waals surface area contributed by atoms with E-state index in [0.717, 1.165) is 12.8 Å². The van der Waals surface area contributed by atoms with Crippen molar-refractivity contribution in [1.82, 2.24) is 10.2 Å². The monoisotopic (exact) mass is 296 g/mol. The number of aliphatic hydroxyl groups is 1. The first kappa shape index (κ1) is 15.6. The summed E-state index contributed by atoms with van der Waals surface area (Å²) in [5, 5.41) is 12.5. The van der Waals surface area contributed by atoms with E-state index in [1.807, 2.05) is 0 Å². The number of nitrogens with zero attached hydrogens (tertiary/aromatic N) is 1. The molecule has 1 aromatic rings. The van der Waals surface area contributed by atoms with E-state index in [2.05, 4.69) is 5.32 Å². The third-order valence-corrected chi connectivity index (χ3v) is 3.42. The molecule has 1 unspecified atom stereocenters. The average molecular weight is 296 g/mol. The number of hydrogen-bond donors (Lipinski definition) is 2. The van der Waals surface area contributed by atoms with E-state index in [9.17, 15) is 14.3 Å². The minimum absolute atomic E-state index is 0.252. The van der Waals surface area contributed by atoms with Crippen molar-refractivity contribution in [3.8, 4) is 5.75 Å². The molecule has 2 amide bonds. The maximum atomic E-state index is 12.9. The molecule has 5 nitrogen and oxygen atoms in total. The van der Waals surface area contributed by atoms with Gasteiger partial charge in [-0.2, -0.15) is 0 Å². The van der Waals surface area contributed by atoms with Crippen LogP contribution in [0.5, 0.6) is 5.75 Å². The SMILES string of the molecule is CN(CC(O)C1CC1)C(=O)NCCOc1cccc(F)c1. The first-order valence-electron chi connectivity index (χ1n) is 7.11. The summed E-state index contributed by atoms with van der Waals surface area (Å²) in [6.07, 6.45) is 1.64. The largest absolute Gasteiger partial charge is 0.492 e. The number of aliphatic hydroxyl groups excluding tert-OH is 1. The van der Waals surface area contributed by atoms with Gasteiger partial charge in [0.25, 0.3) is 0 Å². The Balaban J connectivity index is 1.62. The Bertz CT molecular complexity index is 480. The van der Waals surface area contributed by atoms with Crippen LogP contribution in [0.25, 0.3) is 0 Å². The maximum absolute atomic E-state index is 12.9. The number of benzene rings is 1. The Morgan fingerprint density at radius 2 is 2.33 bits per heavy atom. The average Bonchev–Trinajstić information content (AvgIpc) is 3.28. The normalized spacial score (nSPS) is 15.4. The zero-order valence-corrected chi connectivity index (χ0v) is 12.1. The molecule has 0 aliphatic heterocycles. The molecule has 0 radical (unpaired) electrons. The van der Waals surface area contributed by atoms with Crippen LogP contribution in [-0.4, -0.2) is 48.9 Å². The number of amides is 2. The molecule has 116 valence electrons. The molecule has 1 aromatic carbocycles. The minimum Gasteiger partial charge on any atom is -0.492 e. The van der Waals surface area contributed by atoms with Gasteiger partial charge in [-0.25, -0.2) is 9.18 Å². The Kier molecular flexibility index (Phi) is 5.38. The topological polar surface area (TPSA) is 61.8 Å². The van der Waals surface area contributed by atoms with Crippen molar-refractivity contribution in [3.05, 3.63) is 30.1 Å². The molecular weight excluding hydrogens is 275 g/mol. The molecule has 1 aliphatic carbocycles. The zero-order valence-electron chi connectivity index (χ0n) is 12.1. The fourth-order valence-corrected chi connectivity index (χ4v) is 2.01. The number of rotatable bonds is 7. The highest BCUT2D eigenvalue weighted by Gasteiger charge is 2.31. The molecule has 0 aromatic heterocycles. The van der Waals surface area contributed by atoms with Crippen molar-refractivity contribution in [2.75, 3.05) is 26.7 Å². The summed E-state index contributed by atoms with van der Waals surface area (Å²) in [6.45, 7) is 0.911. The van der Waals surface area contributed by atoms with Crippen LogP contribution >= 0.6 is 0 Å². The quantitative estimate of drug-likeness (QED) is 0.752. The summed E-state index contributed by atoms with van der Waals surface area (Å²) in [5.41, 5.74) is 0. The van der Waals surface area contributed by atoms with Gasteiger partial charge in [0.1, 0.15) is 18.2 Å². The van der Waals surface area contributed by atoms with Crippen LogP contribution in [0.15, 0.2) is 24.3 Å². The van der Waals surface area contributed by atoms with Gasteiger partial charge in [-0.3, -0.25) is 0 Å². The lowest BCUT2D eigenvalue weighted by Gasteiger charge is -2.21. The molecule has 2 rings (SSSR count). The van der Waals surface area contributed by atoms with Crippen molar-refractivity contribution in [3.63, 3.8) is 0 Å². The predicted octanol–water partition coefficient (Wildman–Crippen LogP) is 1.62. The molecule has 1 fully saturated rings. The smallest absolute Gasteiger partial charge is 0.317 e. The minimum atomic E-state index is -0.440. The number of ether oxygens (including phenoxy) is 1. The Hall–Kier alpha value is -1.82. The van der Waals surface area contributed by atoms with Gasteiger partial charge in [-0.1, -0.05) is 6.07 Å². The molecular formula is C15H21FN2O3. The molecule has 2 N–H and O–H groups in total. The van der Waals surface area contributed by atoms with Crippen LogP contribution in [0, 0.1) is 11.7 Å². The van der Waals surface area contributed by atoms with Crippen LogP contribution in [0.2, 0.25) is 0 Å². The molecule has 0 spiro atoms. The summed E-state index contributed by atoms with van der Waals surface area (Å²) in [5.74, 6) is 0.420. The molecule has 21 heavy (non-hydrogen) atoms. The van der Waals surface area contributed by atoms with Gasteiger partial charge in [0.15, 0.2) is 0 Å². The van der Waals surface area contributed by atoms with Gasteiger partial charge >= 0.3 is 6.03 Å². The Morgan fingerprint density at radius 1 is 1.57 bits per heavy atom. The van der Waals surface area contributed by atoms with Crippen molar-refractivity contribution in [2.45, 2.75) is 18.9 Å². The van der Waals surface area contributed by atoms with Gasteiger partial charge < -0.3 is 20.1 Å². The summed E-state index contributed by atoms with van der Waals surface area (Å²) in [7, 11) is 1.65. The van der Waals surface area contributed by atoms with Gasteiger partial charge in [-0.15, -0.1) is 0 Å². The number of carbonyl (C=O) groups is 1. The number of likely N-dealkylation sites (N-methyl/N-ethyl adjacent to an activating group) is 1. The van der Waals surface area contributed by atoms with Gasteiger partial charge in [-0.05, 0) is 30.9 Å². The molecule has 1 atom stereocenters.